The fourth-order valence-electron chi connectivity index (χ4n) is 2.57. The average Bonchev–Trinajstić information content (AvgIpc) is 2.47. The number of ketones is 1. The summed E-state index contributed by atoms with van der Waals surface area (Å²) in [6.07, 6.45) is 2.70. The van der Waals surface area contributed by atoms with Crippen LogP contribution in [0.1, 0.15) is 29.6 Å². The minimum absolute atomic E-state index is 0.136. The lowest BCUT2D eigenvalue weighted by atomic mass is 9.90. The first-order valence-electron chi connectivity index (χ1n) is 6.81. The van der Waals surface area contributed by atoms with Crippen molar-refractivity contribution in [2.24, 2.45) is 5.92 Å². The molecular weight excluding hydrogens is 322 g/mol. The molecule has 0 radical (unpaired) electrons. The topological polar surface area (TPSA) is 47.6 Å². The Kier molecular flexibility index (Phi) is 5.43. The van der Waals surface area contributed by atoms with Crippen LogP contribution in [0.2, 0.25) is 0 Å². The predicted molar refractivity (Wildman–Crippen MR) is 81.8 cm³/mol. The molecule has 1 aromatic carbocycles. The van der Waals surface area contributed by atoms with E-state index in [1.54, 1.807) is 26.4 Å². The number of benzene rings is 1. The molecule has 0 spiro atoms. The van der Waals surface area contributed by atoms with Gasteiger partial charge in [-0.25, -0.2) is 0 Å². The third-order valence-electron chi connectivity index (χ3n) is 3.72. The molecule has 0 bridgehead atoms. The first-order valence-corrected chi connectivity index (χ1v) is 7.61. The number of rotatable bonds is 5. The molecule has 0 aliphatic carbocycles. The Balaban J connectivity index is 2.18. The number of hydrogen-bond acceptors (Lipinski definition) is 4. The van der Waals surface area contributed by atoms with Gasteiger partial charge in [-0.3, -0.25) is 4.79 Å². The van der Waals surface area contributed by atoms with Crippen LogP contribution in [0.15, 0.2) is 16.6 Å². The van der Waals surface area contributed by atoms with Gasteiger partial charge in [0.15, 0.2) is 5.78 Å². The third kappa shape index (κ3) is 3.33. The molecule has 1 aromatic rings. The molecule has 2 rings (SSSR count). The lowest BCUT2D eigenvalue weighted by Crippen LogP contribution is -2.29. The van der Waals surface area contributed by atoms with Gasteiger partial charge < -0.3 is 14.8 Å². The van der Waals surface area contributed by atoms with Gasteiger partial charge in [0.1, 0.15) is 16.0 Å². The van der Waals surface area contributed by atoms with Crippen molar-refractivity contribution < 1.29 is 14.3 Å². The van der Waals surface area contributed by atoms with Gasteiger partial charge in [-0.15, -0.1) is 0 Å². The van der Waals surface area contributed by atoms with E-state index < -0.39 is 0 Å². The second-order valence-electron chi connectivity index (χ2n) is 4.98. The number of hydrogen-bond donors (Lipinski definition) is 1. The minimum Gasteiger partial charge on any atom is -0.495 e. The summed E-state index contributed by atoms with van der Waals surface area (Å²) in [5, 5.41) is 3.31. The summed E-state index contributed by atoms with van der Waals surface area (Å²) in [5.74, 6) is 1.83. The molecule has 20 heavy (non-hydrogen) atoms. The quantitative estimate of drug-likeness (QED) is 0.836. The Morgan fingerprint density at radius 1 is 1.30 bits per heavy atom. The summed E-state index contributed by atoms with van der Waals surface area (Å²) in [6, 6.07) is 3.58. The molecule has 1 saturated heterocycles. The van der Waals surface area contributed by atoms with E-state index in [4.69, 9.17) is 9.47 Å². The zero-order valence-electron chi connectivity index (χ0n) is 11.9. The van der Waals surface area contributed by atoms with E-state index in [1.807, 2.05) is 0 Å². The molecule has 1 heterocycles. The average molecular weight is 342 g/mol. The van der Waals surface area contributed by atoms with Crippen molar-refractivity contribution in [1.29, 1.82) is 0 Å². The van der Waals surface area contributed by atoms with Crippen LogP contribution in [0.25, 0.3) is 0 Å². The number of Topliss-reactive ketones (excluding diaryl/α,β-unsaturated/α-hetero) is 1. The smallest absolute Gasteiger partial charge is 0.166 e. The molecule has 1 fully saturated rings. The van der Waals surface area contributed by atoms with Gasteiger partial charge in [0, 0.05) is 6.42 Å². The summed E-state index contributed by atoms with van der Waals surface area (Å²) in [7, 11) is 3.16. The summed E-state index contributed by atoms with van der Waals surface area (Å²) in [5.41, 5.74) is 0.624. The summed E-state index contributed by atoms with van der Waals surface area (Å²) in [4.78, 5) is 12.5. The minimum atomic E-state index is 0.136. The van der Waals surface area contributed by atoms with E-state index in [1.165, 1.54) is 0 Å². The normalized spacial score (nSPS) is 15.9. The monoisotopic (exact) mass is 341 g/mol. The largest absolute Gasteiger partial charge is 0.495 e. The highest BCUT2D eigenvalue weighted by atomic mass is 79.9. The Morgan fingerprint density at radius 3 is 2.60 bits per heavy atom. The number of carbonyl (C=O) groups excluding carboxylic acids is 1. The van der Waals surface area contributed by atoms with Crippen molar-refractivity contribution in [2.75, 3.05) is 27.3 Å². The number of methoxy groups -OCH3 is 2. The van der Waals surface area contributed by atoms with E-state index in [9.17, 15) is 4.79 Å². The Bertz CT molecular complexity index is 484. The van der Waals surface area contributed by atoms with Gasteiger partial charge in [-0.05, 0) is 59.9 Å². The second kappa shape index (κ2) is 7.09. The molecule has 5 heteroatoms. The first-order chi connectivity index (χ1) is 9.67. The van der Waals surface area contributed by atoms with Gasteiger partial charge in [0.2, 0.25) is 0 Å². The fourth-order valence-corrected chi connectivity index (χ4v) is 3.24. The van der Waals surface area contributed by atoms with Gasteiger partial charge in [-0.2, -0.15) is 0 Å². The zero-order valence-corrected chi connectivity index (χ0v) is 13.5. The van der Waals surface area contributed by atoms with Crippen LogP contribution in [0, 0.1) is 5.92 Å². The number of nitrogens with one attached hydrogen (secondary N) is 1. The summed E-state index contributed by atoms with van der Waals surface area (Å²) < 4.78 is 11.3. The van der Waals surface area contributed by atoms with Gasteiger partial charge >= 0.3 is 0 Å². The maximum absolute atomic E-state index is 12.5. The molecule has 0 unspecified atom stereocenters. The highest BCUT2D eigenvalue weighted by Crippen LogP contribution is 2.38. The molecule has 1 aliphatic rings. The van der Waals surface area contributed by atoms with Crippen LogP contribution in [-0.2, 0) is 0 Å². The second-order valence-corrected chi connectivity index (χ2v) is 5.78. The van der Waals surface area contributed by atoms with Crippen molar-refractivity contribution in [1.82, 2.24) is 5.32 Å². The maximum atomic E-state index is 12.5. The lowest BCUT2D eigenvalue weighted by Gasteiger charge is -2.22. The fraction of sp³-hybridized carbons (Fsp3) is 0.533. The van der Waals surface area contributed by atoms with E-state index in [0.29, 0.717) is 33.9 Å². The molecule has 0 aromatic heterocycles. The first kappa shape index (κ1) is 15.3. The Morgan fingerprint density at radius 2 is 2.00 bits per heavy atom. The van der Waals surface area contributed by atoms with Crippen LogP contribution in [-0.4, -0.2) is 33.1 Å². The van der Waals surface area contributed by atoms with E-state index in [-0.39, 0.29) is 5.78 Å². The van der Waals surface area contributed by atoms with Crippen LogP contribution < -0.4 is 14.8 Å². The van der Waals surface area contributed by atoms with E-state index in [2.05, 4.69) is 21.2 Å². The Hall–Kier alpha value is -1.07. The molecular formula is C15H20BrNO3. The summed E-state index contributed by atoms with van der Waals surface area (Å²) in [6.45, 7) is 2.00. The van der Waals surface area contributed by atoms with E-state index >= 15 is 0 Å². The predicted octanol–water partition coefficient (Wildman–Crippen LogP) is 3.04. The Labute approximate surface area is 128 Å². The van der Waals surface area contributed by atoms with Crippen LogP contribution in [0.3, 0.4) is 0 Å². The van der Waals surface area contributed by atoms with Crippen LogP contribution >= 0.6 is 15.9 Å². The molecule has 110 valence electrons. The molecule has 1 aliphatic heterocycles. The van der Waals surface area contributed by atoms with Crippen molar-refractivity contribution >= 4 is 21.7 Å². The van der Waals surface area contributed by atoms with Crippen LogP contribution in [0.4, 0.5) is 0 Å². The van der Waals surface area contributed by atoms with Crippen molar-refractivity contribution in [3.05, 3.63) is 22.2 Å². The highest BCUT2D eigenvalue weighted by Gasteiger charge is 2.22. The number of halogens is 1. The summed E-state index contributed by atoms with van der Waals surface area (Å²) >= 11 is 3.43. The molecule has 0 atom stereocenters. The van der Waals surface area contributed by atoms with Crippen LogP contribution in [0.5, 0.6) is 11.5 Å². The number of piperidine rings is 1. The molecule has 4 nitrogen and oxygen atoms in total. The molecule has 1 N–H and O–H groups in total. The maximum Gasteiger partial charge on any atom is 0.166 e. The van der Waals surface area contributed by atoms with E-state index in [0.717, 1.165) is 25.9 Å². The lowest BCUT2D eigenvalue weighted by molar-refractivity contribution is 0.0949. The third-order valence-corrected chi connectivity index (χ3v) is 4.47. The zero-order chi connectivity index (χ0) is 14.5. The highest BCUT2D eigenvalue weighted by molar-refractivity contribution is 9.10. The number of ether oxygens (including phenoxy) is 2. The molecule has 0 amide bonds. The SMILES string of the molecule is COc1ccc(C(=O)CC2CCNCC2)c(OC)c1Br. The van der Waals surface area contributed by atoms with Crippen molar-refractivity contribution in [3.63, 3.8) is 0 Å². The van der Waals surface area contributed by atoms with Gasteiger partial charge in [0.05, 0.1) is 19.8 Å². The van der Waals surface area contributed by atoms with Crippen molar-refractivity contribution in [2.45, 2.75) is 19.3 Å². The standard InChI is InChI=1S/C15H20BrNO3/c1-19-13-4-3-11(15(20-2)14(13)16)12(18)9-10-5-7-17-8-6-10/h3-4,10,17H,5-9H2,1-2H3. The molecule has 0 saturated carbocycles. The van der Waals surface area contributed by atoms with Gasteiger partial charge in [-0.1, -0.05) is 0 Å². The van der Waals surface area contributed by atoms with Gasteiger partial charge in [0.25, 0.3) is 0 Å². The number of carbonyl (C=O) groups is 1. The van der Waals surface area contributed by atoms with Crippen molar-refractivity contribution in [3.8, 4) is 11.5 Å².